The quantitative estimate of drug-likeness (QED) is 0.264. The summed E-state index contributed by atoms with van der Waals surface area (Å²) in [5.41, 5.74) is 6.14. The molecule has 5 rings (SSSR count). The molecule has 0 N–H and O–H groups in total. The minimum atomic E-state index is 0.550. The average molecular weight is 461 g/mol. The van der Waals surface area contributed by atoms with Gasteiger partial charge in [0.1, 0.15) is 11.5 Å². The first-order valence-electron chi connectivity index (χ1n) is 10.3. The van der Waals surface area contributed by atoms with Crippen molar-refractivity contribution in [1.29, 1.82) is 0 Å². The Morgan fingerprint density at radius 2 is 1.88 bits per heavy atom. The van der Waals surface area contributed by atoms with Crippen molar-refractivity contribution in [2.24, 2.45) is 0 Å². The number of pyridine rings is 1. The van der Waals surface area contributed by atoms with Crippen molar-refractivity contribution in [1.82, 2.24) is 19.5 Å². The molecular weight excluding hydrogens is 440 g/mol. The predicted octanol–water partition coefficient (Wildman–Crippen LogP) is 6.70. The number of nitrogens with zero attached hydrogens (tertiary/aromatic N) is 4. The summed E-state index contributed by atoms with van der Waals surface area (Å²) in [7, 11) is 0. The second-order valence-corrected chi connectivity index (χ2v) is 9.03. The zero-order valence-electron chi connectivity index (χ0n) is 17.7. The fourth-order valence-electron chi connectivity index (χ4n) is 3.51. The van der Waals surface area contributed by atoms with E-state index in [0.717, 1.165) is 39.0 Å². The SMILES string of the molecule is Cc1ccc(CSc2nc3ccncc3n2Cc2nc(-c3cccc(Cl)c3)oc2C)cc1. The van der Waals surface area contributed by atoms with Gasteiger partial charge in [-0.15, -0.1) is 0 Å². The second kappa shape index (κ2) is 8.81. The number of aromatic nitrogens is 4. The standard InChI is InChI=1S/C25H21ClN4OS/c1-16-6-8-18(9-7-16)15-32-25-29-21-10-11-27-13-23(21)30(25)14-22-17(2)31-24(28-22)19-4-3-5-20(26)12-19/h3-13H,14-15H2,1-2H3. The van der Waals surface area contributed by atoms with E-state index in [4.69, 9.17) is 26.0 Å². The highest BCUT2D eigenvalue weighted by atomic mass is 35.5. The molecule has 0 spiro atoms. The van der Waals surface area contributed by atoms with Crippen LogP contribution < -0.4 is 0 Å². The maximum absolute atomic E-state index is 6.14. The molecule has 0 unspecified atom stereocenters. The van der Waals surface area contributed by atoms with Crippen LogP contribution in [0.5, 0.6) is 0 Å². The van der Waals surface area contributed by atoms with E-state index in [9.17, 15) is 0 Å². The van der Waals surface area contributed by atoms with Gasteiger partial charge in [0.25, 0.3) is 0 Å². The molecule has 7 heteroatoms. The van der Waals surface area contributed by atoms with Gasteiger partial charge in [0.2, 0.25) is 5.89 Å². The fraction of sp³-hybridized carbons (Fsp3) is 0.160. The Labute approximate surface area is 195 Å². The van der Waals surface area contributed by atoms with Gasteiger partial charge in [0.05, 0.1) is 23.8 Å². The lowest BCUT2D eigenvalue weighted by atomic mass is 10.2. The third kappa shape index (κ3) is 4.29. The third-order valence-corrected chi connectivity index (χ3v) is 6.56. The number of aryl methyl sites for hydroxylation is 2. The number of fused-ring (bicyclic) bond motifs is 1. The fourth-order valence-corrected chi connectivity index (χ4v) is 4.67. The van der Waals surface area contributed by atoms with Crippen molar-refractivity contribution >= 4 is 34.4 Å². The first-order chi connectivity index (χ1) is 15.6. The Kier molecular flexibility index (Phi) is 5.72. The van der Waals surface area contributed by atoms with Gasteiger partial charge in [0.15, 0.2) is 5.16 Å². The molecule has 0 saturated heterocycles. The van der Waals surface area contributed by atoms with Crippen molar-refractivity contribution in [3.05, 3.63) is 94.6 Å². The topological polar surface area (TPSA) is 56.7 Å². The van der Waals surface area contributed by atoms with Crippen molar-refractivity contribution in [3.63, 3.8) is 0 Å². The summed E-state index contributed by atoms with van der Waals surface area (Å²) in [4.78, 5) is 13.9. The number of thioether (sulfide) groups is 1. The van der Waals surface area contributed by atoms with Crippen LogP contribution in [0, 0.1) is 13.8 Å². The van der Waals surface area contributed by atoms with Crippen LogP contribution in [0.2, 0.25) is 5.02 Å². The van der Waals surface area contributed by atoms with E-state index in [0.29, 0.717) is 17.5 Å². The third-order valence-electron chi connectivity index (χ3n) is 5.28. The van der Waals surface area contributed by atoms with E-state index in [-0.39, 0.29) is 0 Å². The molecule has 3 aromatic heterocycles. The van der Waals surface area contributed by atoms with Gasteiger partial charge in [0, 0.05) is 22.5 Å². The number of hydrogen-bond donors (Lipinski definition) is 0. The van der Waals surface area contributed by atoms with E-state index in [1.165, 1.54) is 11.1 Å². The van der Waals surface area contributed by atoms with Gasteiger partial charge < -0.3 is 8.98 Å². The molecule has 5 aromatic rings. The van der Waals surface area contributed by atoms with E-state index in [2.05, 4.69) is 40.7 Å². The molecule has 0 aliphatic carbocycles. The highest BCUT2D eigenvalue weighted by Gasteiger charge is 2.17. The molecule has 2 aromatic carbocycles. The minimum absolute atomic E-state index is 0.550. The lowest BCUT2D eigenvalue weighted by Gasteiger charge is -2.08. The van der Waals surface area contributed by atoms with Crippen molar-refractivity contribution < 1.29 is 4.42 Å². The molecule has 160 valence electrons. The van der Waals surface area contributed by atoms with Crippen molar-refractivity contribution in [2.75, 3.05) is 0 Å². The molecule has 3 heterocycles. The normalized spacial score (nSPS) is 11.3. The molecule has 0 aliphatic rings. The molecule has 0 saturated carbocycles. The van der Waals surface area contributed by atoms with E-state index < -0.39 is 0 Å². The Morgan fingerprint density at radius 1 is 1.03 bits per heavy atom. The summed E-state index contributed by atoms with van der Waals surface area (Å²) in [5, 5.41) is 1.58. The van der Waals surface area contributed by atoms with Gasteiger partial charge in [-0.1, -0.05) is 59.3 Å². The lowest BCUT2D eigenvalue weighted by molar-refractivity contribution is 0.537. The minimum Gasteiger partial charge on any atom is -0.441 e. The summed E-state index contributed by atoms with van der Waals surface area (Å²) >= 11 is 7.86. The first-order valence-corrected chi connectivity index (χ1v) is 11.6. The molecule has 0 fully saturated rings. The number of hydrogen-bond acceptors (Lipinski definition) is 5. The van der Waals surface area contributed by atoms with Crippen molar-refractivity contribution in [3.8, 4) is 11.5 Å². The lowest BCUT2D eigenvalue weighted by Crippen LogP contribution is -2.03. The number of oxazole rings is 1. The van der Waals surface area contributed by atoms with Gasteiger partial charge in [-0.25, -0.2) is 9.97 Å². The van der Waals surface area contributed by atoms with Gasteiger partial charge in [-0.05, 0) is 43.7 Å². The van der Waals surface area contributed by atoms with E-state index >= 15 is 0 Å². The zero-order chi connectivity index (χ0) is 22.1. The second-order valence-electron chi connectivity index (χ2n) is 7.65. The number of rotatable bonds is 6. The van der Waals surface area contributed by atoms with Gasteiger partial charge >= 0.3 is 0 Å². The number of benzene rings is 2. The number of imidazole rings is 1. The highest BCUT2D eigenvalue weighted by Crippen LogP contribution is 2.29. The van der Waals surface area contributed by atoms with Gasteiger partial charge in [-0.3, -0.25) is 4.98 Å². The Morgan fingerprint density at radius 3 is 2.69 bits per heavy atom. The Bertz CT molecular complexity index is 1390. The van der Waals surface area contributed by atoms with Crippen LogP contribution in [-0.2, 0) is 12.3 Å². The van der Waals surface area contributed by atoms with E-state index in [1.54, 1.807) is 18.0 Å². The molecular formula is C25H21ClN4OS. The largest absolute Gasteiger partial charge is 0.441 e. The summed E-state index contributed by atoms with van der Waals surface area (Å²) in [5.74, 6) is 2.18. The molecule has 0 atom stereocenters. The molecule has 32 heavy (non-hydrogen) atoms. The summed E-state index contributed by atoms with van der Waals surface area (Å²) in [6.07, 6.45) is 3.62. The molecule has 0 radical (unpaired) electrons. The molecule has 5 nitrogen and oxygen atoms in total. The van der Waals surface area contributed by atoms with Crippen LogP contribution in [0.25, 0.3) is 22.5 Å². The summed E-state index contributed by atoms with van der Waals surface area (Å²) < 4.78 is 8.13. The molecule has 0 bridgehead atoms. The van der Waals surface area contributed by atoms with Gasteiger partial charge in [-0.2, -0.15) is 0 Å². The van der Waals surface area contributed by atoms with E-state index in [1.807, 2.05) is 43.5 Å². The maximum Gasteiger partial charge on any atom is 0.226 e. The van der Waals surface area contributed by atoms with Crippen LogP contribution >= 0.6 is 23.4 Å². The van der Waals surface area contributed by atoms with Crippen LogP contribution in [0.3, 0.4) is 0 Å². The van der Waals surface area contributed by atoms with Crippen LogP contribution in [0.15, 0.2) is 76.6 Å². The maximum atomic E-state index is 6.14. The predicted molar refractivity (Wildman–Crippen MR) is 129 cm³/mol. The van der Waals surface area contributed by atoms with Crippen LogP contribution in [0.1, 0.15) is 22.6 Å². The Hall–Kier alpha value is -3.09. The number of halogens is 1. The highest BCUT2D eigenvalue weighted by molar-refractivity contribution is 7.98. The van der Waals surface area contributed by atoms with Crippen LogP contribution in [-0.4, -0.2) is 19.5 Å². The van der Waals surface area contributed by atoms with Crippen molar-refractivity contribution in [2.45, 2.75) is 31.3 Å². The molecule has 0 aliphatic heterocycles. The Balaban J connectivity index is 1.47. The summed E-state index contributed by atoms with van der Waals surface area (Å²) in [6.45, 7) is 4.59. The zero-order valence-corrected chi connectivity index (χ0v) is 19.3. The molecule has 0 amide bonds. The average Bonchev–Trinajstić information content (AvgIpc) is 3.34. The smallest absolute Gasteiger partial charge is 0.226 e. The first kappa shape index (κ1) is 20.8. The monoisotopic (exact) mass is 460 g/mol. The van der Waals surface area contributed by atoms with Crippen LogP contribution in [0.4, 0.5) is 0 Å². The summed E-state index contributed by atoms with van der Waals surface area (Å²) in [6, 6.07) is 18.1.